The van der Waals surface area contributed by atoms with E-state index in [1.54, 1.807) is 13.1 Å². The number of hydrogen-bond acceptors (Lipinski definition) is 3. The lowest BCUT2D eigenvalue weighted by molar-refractivity contribution is -0.122. The van der Waals surface area contributed by atoms with Crippen molar-refractivity contribution in [3.8, 4) is 5.75 Å². The number of amides is 1. The summed E-state index contributed by atoms with van der Waals surface area (Å²) in [6, 6.07) is 13.3. The summed E-state index contributed by atoms with van der Waals surface area (Å²) in [7, 11) is 0. The van der Waals surface area contributed by atoms with E-state index in [0.29, 0.717) is 15.9 Å². The highest BCUT2D eigenvalue weighted by Crippen LogP contribution is 2.27. The van der Waals surface area contributed by atoms with Crippen molar-refractivity contribution in [1.82, 2.24) is 4.98 Å². The minimum absolute atomic E-state index is 0.303. The maximum absolute atomic E-state index is 13.1. The van der Waals surface area contributed by atoms with Crippen LogP contribution in [-0.2, 0) is 4.79 Å². The summed E-state index contributed by atoms with van der Waals surface area (Å²) in [5.41, 5.74) is 1.46. The van der Waals surface area contributed by atoms with E-state index < -0.39 is 6.10 Å². The molecule has 0 unspecified atom stereocenters. The number of rotatable bonds is 4. The van der Waals surface area contributed by atoms with Gasteiger partial charge >= 0.3 is 0 Å². The van der Waals surface area contributed by atoms with E-state index in [1.807, 2.05) is 30.3 Å². The number of carbonyl (C=O) groups excluding carboxylic acids is 1. The molecule has 0 saturated heterocycles. The molecule has 3 aromatic rings. The summed E-state index contributed by atoms with van der Waals surface area (Å²) >= 11 is 3.22. The zero-order valence-corrected chi connectivity index (χ0v) is 14.4. The van der Waals surface area contributed by atoms with E-state index in [-0.39, 0.29) is 11.7 Å². The van der Waals surface area contributed by atoms with Crippen LogP contribution in [0.5, 0.6) is 5.75 Å². The highest BCUT2D eigenvalue weighted by molar-refractivity contribution is 9.10. The Labute approximate surface area is 146 Å². The van der Waals surface area contributed by atoms with Gasteiger partial charge in [-0.3, -0.25) is 9.78 Å². The van der Waals surface area contributed by atoms with Gasteiger partial charge < -0.3 is 10.1 Å². The summed E-state index contributed by atoms with van der Waals surface area (Å²) in [5.74, 6) is -0.282. The Morgan fingerprint density at radius 3 is 2.88 bits per heavy atom. The van der Waals surface area contributed by atoms with Crippen molar-refractivity contribution in [2.24, 2.45) is 0 Å². The molecule has 4 nitrogen and oxygen atoms in total. The summed E-state index contributed by atoms with van der Waals surface area (Å²) < 4.78 is 19.2. The molecule has 0 aliphatic rings. The molecule has 1 amide bonds. The zero-order valence-electron chi connectivity index (χ0n) is 12.8. The molecular formula is C18H14BrFN2O2. The average Bonchev–Trinajstić information content (AvgIpc) is 2.57. The second-order valence-electron chi connectivity index (χ2n) is 5.20. The summed E-state index contributed by atoms with van der Waals surface area (Å²) in [5, 5.41) is 3.69. The molecule has 0 aliphatic carbocycles. The highest BCUT2D eigenvalue weighted by atomic mass is 79.9. The van der Waals surface area contributed by atoms with Gasteiger partial charge in [0.15, 0.2) is 6.10 Å². The first kappa shape index (κ1) is 16.4. The Balaban J connectivity index is 1.76. The van der Waals surface area contributed by atoms with Gasteiger partial charge in [-0.1, -0.05) is 6.07 Å². The van der Waals surface area contributed by atoms with Crippen molar-refractivity contribution in [1.29, 1.82) is 0 Å². The molecule has 1 heterocycles. The van der Waals surface area contributed by atoms with Crippen LogP contribution in [-0.4, -0.2) is 17.0 Å². The zero-order chi connectivity index (χ0) is 17.1. The highest BCUT2D eigenvalue weighted by Gasteiger charge is 2.17. The molecule has 1 atom stereocenters. The van der Waals surface area contributed by atoms with E-state index >= 15 is 0 Å². The molecule has 0 radical (unpaired) electrons. The number of aromatic nitrogens is 1. The standard InChI is InChI=1S/C18H14BrFN2O2/c1-11(24-17-8-7-12(20)10-14(17)19)18(23)22-16-6-2-5-15-13(16)4-3-9-21-15/h2-11H,1H3,(H,22,23)/t11-/m1/s1. The fourth-order valence-electron chi connectivity index (χ4n) is 2.26. The summed E-state index contributed by atoms with van der Waals surface area (Å²) in [4.78, 5) is 16.7. The van der Waals surface area contributed by atoms with Gasteiger partial charge in [-0.2, -0.15) is 0 Å². The van der Waals surface area contributed by atoms with Crippen LogP contribution in [0.3, 0.4) is 0 Å². The number of hydrogen-bond donors (Lipinski definition) is 1. The normalized spacial score (nSPS) is 12.0. The lowest BCUT2D eigenvalue weighted by Gasteiger charge is -2.16. The van der Waals surface area contributed by atoms with E-state index in [4.69, 9.17) is 4.74 Å². The summed E-state index contributed by atoms with van der Waals surface area (Å²) in [6.45, 7) is 1.63. The van der Waals surface area contributed by atoms with Crippen molar-refractivity contribution in [2.75, 3.05) is 5.32 Å². The maximum atomic E-state index is 13.1. The molecule has 122 valence electrons. The van der Waals surface area contributed by atoms with Crippen LogP contribution in [0.1, 0.15) is 6.92 Å². The van der Waals surface area contributed by atoms with Crippen LogP contribution >= 0.6 is 15.9 Å². The minimum Gasteiger partial charge on any atom is -0.480 e. The predicted octanol–water partition coefficient (Wildman–Crippen LogP) is 4.54. The van der Waals surface area contributed by atoms with Gasteiger partial charge in [-0.15, -0.1) is 0 Å². The molecule has 1 N–H and O–H groups in total. The number of nitrogens with one attached hydrogen (secondary N) is 1. The van der Waals surface area contributed by atoms with Crippen LogP contribution < -0.4 is 10.1 Å². The molecule has 1 aromatic heterocycles. The Bertz CT molecular complexity index is 896. The largest absolute Gasteiger partial charge is 0.480 e. The van der Waals surface area contributed by atoms with Gasteiger partial charge in [-0.25, -0.2) is 4.39 Å². The number of pyridine rings is 1. The number of nitrogens with zero attached hydrogens (tertiary/aromatic N) is 1. The molecule has 0 spiro atoms. The lowest BCUT2D eigenvalue weighted by atomic mass is 10.2. The SMILES string of the molecule is C[C@@H](Oc1ccc(F)cc1Br)C(=O)Nc1cccc2ncccc12. The monoisotopic (exact) mass is 388 g/mol. The fraction of sp³-hybridized carbons (Fsp3) is 0.111. The molecule has 24 heavy (non-hydrogen) atoms. The number of ether oxygens (including phenoxy) is 1. The third kappa shape index (κ3) is 3.54. The molecule has 3 rings (SSSR count). The van der Waals surface area contributed by atoms with Gasteiger partial charge in [-0.05, 0) is 65.3 Å². The Kier molecular flexibility index (Phi) is 4.76. The number of fused-ring (bicyclic) bond motifs is 1. The summed E-state index contributed by atoms with van der Waals surface area (Å²) in [6.07, 6.45) is 0.949. The number of carbonyl (C=O) groups is 1. The van der Waals surface area contributed by atoms with E-state index in [9.17, 15) is 9.18 Å². The van der Waals surface area contributed by atoms with Crippen molar-refractivity contribution < 1.29 is 13.9 Å². The fourth-order valence-corrected chi connectivity index (χ4v) is 2.71. The molecule has 0 aliphatic heterocycles. The van der Waals surface area contributed by atoms with Crippen LogP contribution in [0.25, 0.3) is 10.9 Å². The molecule has 0 bridgehead atoms. The van der Waals surface area contributed by atoms with Crippen LogP contribution in [0.15, 0.2) is 59.2 Å². The van der Waals surface area contributed by atoms with Gasteiger partial charge in [0.25, 0.3) is 5.91 Å². The molecule has 2 aromatic carbocycles. The Morgan fingerprint density at radius 1 is 1.25 bits per heavy atom. The molecule has 6 heteroatoms. The second-order valence-corrected chi connectivity index (χ2v) is 6.05. The third-order valence-electron chi connectivity index (χ3n) is 3.47. The van der Waals surface area contributed by atoms with E-state index in [2.05, 4.69) is 26.2 Å². The predicted molar refractivity (Wildman–Crippen MR) is 94.6 cm³/mol. The van der Waals surface area contributed by atoms with Gasteiger partial charge in [0.05, 0.1) is 15.7 Å². The van der Waals surface area contributed by atoms with E-state index in [1.165, 1.54) is 18.2 Å². The van der Waals surface area contributed by atoms with Crippen LogP contribution in [0, 0.1) is 5.82 Å². The van der Waals surface area contributed by atoms with Gasteiger partial charge in [0, 0.05) is 11.6 Å². The van der Waals surface area contributed by atoms with Crippen molar-refractivity contribution in [2.45, 2.75) is 13.0 Å². The minimum atomic E-state index is -0.751. The Morgan fingerprint density at radius 2 is 2.08 bits per heavy atom. The first-order chi connectivity index (χ1) is 11.5. The van der Waals surface area contributed by atoms with Crippen LogP contribution in [0.4, 0.5) is 10.1 Å². The molecular weight excluding hydrogens is 375 g/mol. The van der Waals surface area contributed by atoms with E-state index in [0.717, 1.165) is 10.9 Å². The number of halogens is 2. The van der Waals surface area contributed by atoms with Gasteiger partial charge in [0.2, 0.25) is 0 Å². The van der Waals surface area contributed by atoms with Crippen molar-refractivity contribution in [3.63, 3.8) is 0 Å². The second kappa shape index (κ2) is 6.97. The first-order valence-corrected chi connectivity index (χ1v) is 8.10. The topological polar surface area (TPSA) is 51.2 Å². The van der Waals surface area contributed by atoms with Crippen molar-refractivity contribution in [3.05, 3.63) is 65.0 Å². The maximum Gasteiger partial charge on any atom is 0.265 e. The molecule has 0 saturated carbocycles. The van der Waals surface area contributed by atoms with Crippen molar-refractivity contribution >= 4 is 38.4 Å². The van der Waals surface area contributed by atoms with Gasteiger partial charge in [0.1, 0.15) is 11.6 Å². The first-order valence-electron chi connectivity index (χ1n) is 7.31. The molecule has 0 fully saturated rings. The Hall–Kier alpha value is -2.47. The number of benzene rings is 2. The average molecular weight is 389 g/mol. The quantitative estimate of drug-likeness (QED) is 0.713. The third-order valence-corrected chi connectivity index (χ3v) is 4.09. The number of anilines is 1. The lowest BCUT2D eigenvalue weighted by Crippen LogP contribution is -2.30. The smallest absolute Gasteiger partial charge is 0.265 e. The van der Waals surface area contributed by atoms with Crippen LogP contribution in [0.2, 0.25) is 0 Å².